The van der Waals surface area contributed by atoms with E-state index < -0.39 is 0 Å². The molecule has 1 aromatic heterocycles. The molecule has 0 bridgehead atoms. The van der Waals surface area contributed by atoms with Gasteiger partial charge in [0.25, 0.3) is 0 Å². The van der Waals surface area contributed by atoms with Gasteiger partial charge in [-0.05, 0) is 42.9 Å². The number of aryl methyl sites for hydroxylation is 1. The molecular weight excluding hydrogens is 240 g/mol. The summed E-state index contributed by atoms with van der Waals surface area (Å²) in [7, 11) is 0. The molecule has 3 atom stereocenters. The first-order valence-corrected chi connectivity index (χ1v) is 7.09. The van der Waals surface area contributed by atoms with Crippen molar-refractivity contribution in [3.63, 3.8) is 0 Å². The first-order chi connectivity index (χ1) is 9.24. The quantitative estimate of drug-likeness (QED) is 0.889. The Bertz CT molecular complexity index is 449. The molecule has 2 aliphatic rings. The standard InChI is InChI=1S/C15H20N2O2/c18-14-3-2-12-9-17(10-13(12)14)15(19)4-1-11-5-7-16-8-6-11/h5-8,12-14,18H,1-4,9-10H2. The zero-order valence-corrected chi connectivity index (χ0v) is 11.0. The number of carbonyl (C=O) groups is 1. The molecule has 1 aromatic rings. The van der Waals surface area contributed by atoms with Crippen molar-refractivity contribution in [2.24, 2.45) is 11.8 Å². The number of pyridine rings is 1. The Morgan fingerprint density at radius 1 is 1.32 bits per heavy atom. The molecule has 1 amide bonds. The van der Waals surface area contributed by atoms with Gasteiger partial charge in [-0.1, -0.05) is 0 Å². The van der Waals surface area contributed by atoms with Crippen molar-refractivity contribution in [2.45, 2.75) is 31.8 Å². The highest BCUT2D eigenvalue weighted by molar-refractivity contribution is 5.76. The maximum atomic E-state index is 12.2. The molecular formula is C15H20N2O2. The summed E-state index contributed by atoms with van der Waals surface area (Å²) in [6.45, 7) is 1.60. The van der Waals surface area contributed by atoms with Gasteiger partial charge in [-0.2, -0.15) is 0 Å². The number of aromatic nitrogens is 1. The molecule has 2 heterocycles. The van der Waals surface area contributed by atoms with Gasteiger partial charge in [0.2, 0.25) is 5.91 Å². The van der Waals surface area contributed by atoms with E-state index in [1.165, 1.54) is 0 Å². The van der Waals surface area contributed by atoms with Crippen molar-refractivity contribution in [3.05, 3.63) is 30.1 Å². The molecule has 1 saturated heterocycles. The van der Waals surface area contributed by atoms with Crippen LogP contribution in [0.4, 0.5) is 0 Å². The monoisotopic (exact) mass is 260 g/mol. The summed E-state index contributed by atoms with van der Waals surface area (Å²) in [5.74, 6) is 1.07. The Kier molecular flexibility index (Phi) is 3.51. The van der Waals surface area contributed by atoms with E-state index in [1.807, 2.05) is 17.0 Å². The third kappa shape index (κ3) is 2.63. The van der Waals surface area contributed by atoms with Crippen molar-refractivity contribution in [3.8, 4) is 0 Å². The van der Waals surface area contributed by atoms with E-state index in [9.17, 15) is 9.90 Å². The summed E-state index contributed by atoms with van der Waals surface area (Å²) < 4.78 is 0. The number of amides is 1. The van der Waals surface area contributed by atoms with E-state index in [4.69, 9.17) is 0 Å². The molecule has 0 radical (unpaired) electrons. The largest absolute Gasteiger partial charge is 0.393 e. The highest BCUT2D eigenvalue weighted by Crippen LogP contribution is 2.38. The summed E-state index contributed by atoms with van der Waals surface area (Å²) in [4.78, 5) is 18.1. The summed E-state index contributed by atoms with van der Waals surface area (Å²) >= 11 is 0. The number of carbonyl (C=O) groups excluding carboxylic acids is 1. The Labute approximate surface area is 113 Å². The third-order valence-electron chi connectivity index (χ3n) is 4.55. The second kappa shape index (κ2) is 5.29. The molecule has 102 valence electrons. The lowest BCUT2D eigenvalue weighted by molar-refractivity contribution is -0.130. The lowest BCUT2D eigenvalue weighted by Gasteiger charge is -2.18. The maximum absolute atomic E-state index is 12.2. The van der Waals surface area contributed by atoms with Gasteiger partial charge >= 0.3 is 0 Å². The molecule has 1 aliphatic heterocycles. The summed E-state index contributed by atoms with van der Waals surface area (Å²) in [6.07, 6.45) is 6.64. The van der Waals surface area contributed by atoms with E-state index in [0.717, 1.165) is 37.9 Å². The van der Waals surface area contributed by atoms with Gasteiger partial charge < -0.3 is 10.0 Å². The van der Waals surface area contributed by atoms with Gasteiger partial charge in [0, 0.05) is 37.8 Å². The van der Waals surface area contributed by atoms with Gasteiger partial charge in [0.05, 0.1) is 6.10 Å². The van der Waals surface area contributed by atoms with E-state index in [-0.39, 0.29) is 12.0 Å². The van der Waals surface area contributed by atoms with Crippen LogP contribution in [0.1, 0.15) is 24.8 Å². The molecule has 3 unspecified atom stereocenters. The molecule has 0 spiro atoms. The molecule has 4 nitrogen and oxygen atoms in total. The molecule has 19 heavy (non-hydrogen) atoms. The van der Waals surface area contributed by atoms with Crippen LogP contribution in [0.3, 0.4) is 0 Å². The predicted octanol–water partition coefficient (Wildman–Crippen LogP) is 1.24. The Hall–Kier alpha value is -1.42. The van der Waals surface area contributed by atoms with Crippen LogP contribution in [0.2, 0.25) is 0 Å². The molecule has 1 saturated carbocycles. The van der Waals surface area contributed by atoms with Crippen LogP contribution in [0.15, 0.2) is 24.5 Å². The molecule has 1 N–H and O–H groups in total. The highest BCUT2D eigenvalue weighted by atomic mass is 16.3. The van der Waals surface area contributed by atoms with Gasteiger partial charge in [-0.3, -0.25) is 9.78 Å². The number of hydrogen-bond donors (Lipinski definition) is 1. The van der Waals surface area contributed by atoms with E-state index in [1.54, 1.807) is 12.4 Å². The Balaban J connectivity index is 1.52. The average Bonchev–Trinajstić information content (AvgIpc) is 3.00. The van der Waals surface area contributed by atoms with Gasteiger partial charge in [-0.15, -0.1) is 0 Å². The van der Waals surface area contributed by atoms with Crippen molar-refractivity contribution in [1.82, 2.24) is 9.88 Å². The number of hydrogen-bond acceptors (Lipinski definition) is 3. The number of nitrogens with zero attached hydrogens (tertiary/aromatic N) is 2. The average molecular weight is 260 g/mol. The summed E-state index contributed by atoms with van der Waals surface area (Å²) in [5, 5.41) is 9.86. The van der Waals surface area contributed by atoms with Crippen LogP contribution in [-0.2, 0) is 11.2 Å². The molecule has 2 fully saturated rings. The minimum absolute atomic E-state index is 0.192. The van der Waals surface area contributed by atoms with Crippen LogP contribution < -0.4 is 0 Å². The number of rotatable bonds is 3. The Morgan fingerprint density at radius 3 is 2.84 bits per heavy atom. The lowest BCUT2D eigenvalue weighted by atomic mass is 10.00. The van der Waals surface area contributed by atoms with E-state index in [2.05, 4.69) is 4.98 Å². The number of likely N-dealkylation sites (tertiary alicyclic amines) is 1. The smallest absolute Gasteiger partial charge is 0.222 e. The third-order valence-corrected chi connectivity index (χ3v) is 4.55. The van der Waals surface area contributed by atoms with Gasteiger partial charge in [-0.25, -0.2) is 0 Å². The zero-order chi connectivity index (χ0) is 13.2. The molecule has 1 aliphatic carbocycles. The SMILES string of the molecule is O=C(CCc1ccncc1)N1CC2CCC(O)C2C1. The van der Waals surface area contributed by atoms with Crippen molar-refractivity contribution in [2.75, 3.05) is 13.1 Å². The van der Waals surface area contributed by atoms with Gasteiger partial charge in [0.15, 0.2) is 0 Å². The zero-order valence-electron chi connectivity index (χ0n) is 11.0. The van der Waals surface area contributed by atoms with E-state index >= 15 is 0 Å². The maximum Gasteiger partial charge on any atom is 0.222 e. The number of fused-ring (bicyclic) bond motifs is 1. The fourth-order valence-corrected chi connectivity index (χ4v) is 3.40. The van der Waals surface area contributed by atoms with Crippen LogP contribution >= 0.6 is 0 Å². The number of aliphatic hydroxyl groups excluding tert-OH is 1. The minimum Gasteiger partial charge on any atom is -0.393 e. The minimum atomic E-state index is -0.192. The summed E-state index contributed by atoms with van der Waals surface area (Å²) in [6, 6.07) is 3.91. The van der Waals surface area contributed by atoms with E-state index in [0.29, 0.717) is 18.3 Å². The van der Waals surface area contributed by atoms with Crippen LogP contribution in [0, 0.1) is 11.8 Å². The van der Waals surface area contributed by atoms with Crippen molar-refractivity contribution in [1.29, 1.82) is 0 Å². The lowest BCUT2D eigenvalue weighted by Crippen LogP contribution is -2.31. The fraction of sp³-hybridized carbons (Fsp3) is 0.600. The van der Waals surface area contributed by atoms with Crippen LogP contribution in [0.25, 0.3) is 0 Å². The van der Waals surface area contributed by atoms with Gasteiger partial charge in [0.1, 0.15) is 0 Å². The van der Waals surface area contributed by atoms with Crippen LogP contribution in [0.5, 0.6) is 0 Å². The summed E-state index contributed by atoms with van der Waals surface area (Å²) in [5.41, 5.74) is 1.16. The molecule has 0 aromatic carbocycles. The first-order valence-electron chi connectivity index (χ1n) is 7.09. The van der Waals surface area contributed by atoms with Crippen LogP contribution in [-0.4, -0.2) is 40.1 Å². The molecule has 3 rings (SSSR count). The van der Waals surface area contributed by atoms with Crippen molar-refractivity contribution >= 4 is 5.91 Å². The Morgan fingerprint density at radius 2 is 2.11 bits per heavy atom. The number of aliphatic hydroxyl groups is 1. The van der Waals surface area contributed by atoms with Crippen molar-refractivity contribution < 1.29 is 9.90 Å². The second-order valence-electron chi connectivity index (χ2n) is 5.72. The first kappa shape index (κ1) is 12.6. The topological polar surface area (TPSA) is 53.4 Å². The molecule has 4 heteroatoms. The fourth-order valence-electron chi connectivity index (χ4n) is 3.40. The highest BCUT2D eigenvalue weighted by Gasteiger charge is 2.42. The predicted molar refractivity (Wildman–Crippen MR) is 71.4 cm³/mol. The second-order valence-corrected chi connectivity index (χ2v) is 5.72. The normalized spacial score (nSPS) is 29.5.